The summed E-state index contributed by atoms with van der Waals surface area (Å²) in [6, 6.07) is 0. The summed E-state index contributed by atoms with van der Waals surface area (Å²) in [5.41, 5.74) is -0.949. The number of rotatable bonds is 3. The van der Waals surface area contributed by atoms with Gasteiger partial charge in [-0.25, -0.2) is 4.79 Å². The predicted molar refractivity (Wildman–Crippen MR) is 65.6 cm³/mol. The second-order valence-electron chi connectivity index (χ2n) is 4.87. The lowest BCUT2D eigenvalue weighted by Gasteiger charge is -2.23. The molecular weight excluding hydrogens is 252 g/mol. The van der Waals surface area contributed by atoms with E-state index in [9.17, 15) is 14.4 Å². The molecule has 0 bridgehead atoms. The van der Waals surface area contributed by atoms with Gasteiger partial charge < -0.3 is 15.3 Å². The highest BCUT2D eigenvalue weighted by Crippen LogP contribution is 2.31. The summed E-state index contributed by atoms with van der Waals surface area (Å²) in [6.07, 6.45) is 6.23. The van der Waals surface area contributed by atoms with E-state index in [2.05, 4.69) is 0 Å². The number of carbonyl (C=O) groups is 3. The van der Waals surface area contributed by atoms with Gasteiger partial charge in [-0.15, -0.1) is 0 Å². The molecule has 0 heterocycles. The first kappa shape index (κ1) is 14.9. The number of hydrogen-bond donors (Lipinski definition) is 3. The molecule has 6 nitrogen and oxygen atoms in total. The zero-order valence-corrected chi connectivity index (χ0v) is 10.5. The van der Waals surface area contributed by atoms with Crippen molar-refractivity contribution in [2.45, 2.75) is 26.2 Å². The van der Waals surface area contributed by atoms with Gasteiger partial charge in [-0.05, 0) is 26.2 Å². The monoisotopic (exact) mass is 268 g/mol. The van der Waals surface area contributed by atoms with Crippen molar-refractivity contribution in [3.8, 4) is 0 Å². The molecule has 1 fully saturated rings. The van der Waals surface area contributed by atoms with Gasteiger partial charge in [0.25, 0.3) is 0 Å². The van der Waals surface area contributed by atoms with Crippen LogP contribution in [-0.4, -0.2) is 33.2 Å². The summed E-state index contributed by atoms with van der Waals surface area (Å²) >= 11 is 0. The molecule has 2 aliphatic rings. The van der Waals surface area contributed by atoms with Crippen LogP contribution in [-0.2, 0) is 14.4 Å². The predicted octanol–water partition coefficient (Wildman–Crippen LogP) is 1.53. The van der Waals surface area contributed by atoms with E-state index in [1.165, 1.54) is 25.2 Å². The van der Waals surface area contributed by atoms with Crippen LogP contribution in [0.3, 0.4) is 0 Å². The smallest absolute Gasteiger partial charge is 0.331 e. The lowest BCUT2D eigenvalue weighted by Crippen LogP contribution is -2.28. The molecule has 0 saturated heterocycles. The zero-order chi connectivity index (χ0) is 14.6. The van der Waals surface area contributed by atoms with Crippen molar-refractivity contribution in [1.82, 2.24) is 0 Å². The Kier molecular flexibility index (Phi) is 4.47. The molecule has 1 unspecified atom stereocenters. The van der Waals surface area contributed by atoms with E-state index < -0.39 is 23.3 Å². The Balaban J connectivity index is 0.000000250. The highest BCUT2D eigenvalue weighted by molar-refractivity contribution is 5.90. The molecular formula is C13H16O6. The van der Waals surface area contributed by atoms with E-state index in [1.54, 1.807) is 0 Å². The SMILES string of the molecule is CC1(C(=O)O)C=CC=C(C(=O)O)C1.O=C(O)C1CC1. The van der Waals surface area contributed by atoms with Crippen molar-refractivity contribution in [2.75, 3.05) is 0 Å². The fraction of sp³-hybridized carbons (Fsp3) is 0.462. The number of hydrogen-bond acceptors (Lipinski definition) is 3. The van der Waals surface area contributed by atoms with Crippen molar-refractivity contribution in [1.29, 1.82) is 0 Å². The summed E-state index contributed by atoms with van der Waals surface area (Å²) in [4.78, 5) is 31.1. The second kappa shape index (κ2) is 5.69. The Morgan fingerprint density at radius 3 is 2.11 bits per heavy atom. The van der Waals surface area contributed by atoms with E-state index in [1.807, 2.05) is 0 Å². The number of aliphatic carboxylic acids is 3. The Morgan fingerprint density at radius 1 is 1.21 bits per heavy atom. The van der Waals surface area contributed by atoms with Crippen molar-refractivity contribution in [3.05, 3.63) is 23.8 Å². The highest BCUT2D eigenvalue weighted by Gasteiger charge is 2.34. The molecule has 0 aliphatic heterocycles. The molecule has 1 atom stereocenters. The van der Waals surface area contributed by atoms with Crippen LogP contribution < -0.4 is 0 Å². The van der Waals surface area contributed by atoms with Crippen LogP contribution in [0.25, 0.3) is 0 Å². The van der Waals surface area contributed by atoms with E-state index in [-0.39, 0.29) is 17.9 Å². The number of allylic oxidation sites excluding steroid dienone is 2. The van der Waals surface area contributed by atoms with Gasteiger partial charge in [-0.1, -0.05) is 18.2 Å². The van der Waals surface area contributed by atoms with Crippen LogP contribution >= 0.6 is 0 Å². The van der Waals surface area contributed by atoms with Gasteiger partial charge in [0.15, 0.2) is 0 Å². The van der Waals surface area contributed by atoms with Gasteiger partial charge in [0.2, 0.25) is 0 Å². The molecule has 0 spiro atoms. The van der Waals surface area contributed by atoms with Crippen molar-refractivity contribution in [2.24, 2.45) is 11.3 Å². The molecule has 0 aromatic heterocycles. The summed E-state index contributed by atoms with van der Waals surface area (Å²) in [5, 5.41) is 25.5. The maximum absolute atomic E-state index is 10.8. The quantitative estimate of drug-likeness (QED) is 0.715. The Labute approximate surface area is 110 Å². The van der Waals surface area contributed by atoms with Crippen LogP contribution in [0.1, 0.15) is 26.2 Å². The summed E-state index contributed by atoms with van der Waals surface area (Å²) in [6.45, 7) is 1.50. The topological polar surface area (TPSA) is 112 Å². The van der Waals surface area contributed by atoms with Crippen LogP contribution in [0.4, 0.5) is 0 Å². The lowest BCUT2D eigenvalue weighted by atomic mass is 9.80. The van der Waals surface area contributed by atoms with Crippen LogP contribution in [0.2, 0.25) is 0 Å². The third-order valence-electron chi connectivity index (χ3n) is 3.01. The minimum absolute atomic E-state index is 0.0185. The highest BCUT2D eigenvalue weighted by atomic mass is 16.4. The molecule has 0 aromatic carbocycles. The molecule has 19 heavy (non-hydrogen) atoms. The minimum Gasteiger partial charge on any atom is -0.481 e. The van der Waals surface area contributed by atoms with Gasteiger partial charge in [-0.3, -0.25) is 9.59 Å². The van der Waals surface area contributed by atoms with E-state index in [4.69, 9.17) is 15.3 Å². The van der Waals surface area contributed by atoms with Crippen LogP contribution in [0.15, 0.2) is 23.8 Å². The van der Waals surface area contributed by atoms with E-state index in [0.717, 1.165) is 12.8 Å². The van der Waals surface area contributed by atoms with Crippen molar-refractivity contribution >= 4 is 17.9 Å². The number of carboxylic acids is 3. The van der Waals surface area contributed by atoms with Crippen molar-refractivity contribution in [3.63, 3.8) is 0 Å². The summed E-state index contributed by atoms with van der Waals surface area (Å²) in [7, 11) is 0. The number of carboxylic acid groups (broad SMARTS) is 3. The average molecular weight is 268 g/mol. The second-order valence-corrected chi connectivity index (χ2v) is 4.87. The Hall–Kier alpha value is -2.11. The standard InChI is InChI=1S/C9H10O4.C4H6O2/c1-9(8(12)13)4-2-3-6(5-9)7(10)11;5-4(6)3-1-2-3/h2-4H,5H2,1H3,(H,10,11)(H,12,13);3H,1-2H2,(H,5,6). The van der Waals surface area contributed by atoms with Crippen molar-refractivity contribution < 1.29 is 29.7 Å². The minimum atomic E-state index is -1.08. The van der Waals surface area contributed by atoms with Gasteiger partial charge in [0.1, 0.15) is 0 Å². The molecule has 6 heteroatoms. The molecule has 0 radical (unpaired) electrons. The third kappa shape index (κ3) is 4.24. The average Bonchev–Trinajstić information content (AvgIpc) is 3.13. The normalized spacial score (nSPS) is 24.8. The molecule has 1 saturated carbocycles. The van der Waals surface area contributed by atoms with E-state index >= 15 is 0 Å². The maximum Gasteiger partial charge on any atom is 0.331 e. The van der Waals surface area contributed by atoms with Crippen LogP contribution in [0, 0.1) is 11.3 Å². The molecule has 0 amide bonds. The van der Waals surface area contributed by atoms with E-state index in [0.29, 0.717) is 0 Å². The molecule has 2 aliphatic carbocycles. The molecule has 3 N–H and O–H groups in total. The largest absolute Gasteiger partial charge is 0.481 e. The molecule has 0 aromatic rings. The summed E-state index contributed by atoms with van der Waals surface area (Å²) < 4.78 is 0. The third-order valence-corrected chi connectivity index (χ3v) is 3.01. The van der Waals surface area contributed by atoms with Gasteiger partial charge in [0, 0.05) is 5.57 Å². The fourth-order valence-electron chi connectivity index (χ4n) is 1.51. The lowest BCUT2D eigenvalue weighted by molar-refractivity contribution is -0.145. The van der Waals surface area contributed by atoms with Crippen LogP contribution in [0.5, 0.6) is 0 Å². The van der Waals surface area contributed by atoms with Gasteiger partial charge >= 0.3 is 17.9 Å². The van der Waals surface area contributed by atoms with Gasteiger partial charge in [0.05, 0.1) is 11.3 Å². The first-order valence-corrected chi connectivity index (χ1v) is 5.84. The van der Waals surface area contributed by atoms with Gasteiger partial charge in [-0.2, -0.15) is 0 Å². The zero-order valence-electron chi connectivity index (χ0n) is 10.5. The molecule has 104 valence electrons. The fourth-order valence-corrected chi connectivity index (χ4v) is 1.51. The summed E-state index contributed by atoms with van der Waals surface area (Å²) in [5.74, 6) is -2.67. The first-order valence-electron chi connectivity index (χ1n) is 5.84. The molecule has 2 rings (SSSR count). The first-order chi connectivity index (χ1) is 8.76. The Morgan fingerprint density at radius 2 is 1.79 bits per heavy atom. The maximum atomic E-state index is 10.8. The Bertz CT molecular complexity index is 458.